The van der Waals surface area contributed by atoms with Gasteiger partial charge in [0.25, 0.3) is 0 Å². The molecular weight excluding hydrogens is 136 g/mol. The van der Waals surface area contributed by atoms with Crippen LogP contribution in [-0.2, 0) is 4.74 Å². The van der Waals surface area contributed by atoms with Gasteiger partial charge in [-0.3, -0.25) is 0 Å². The Balaban J connectivity index is 0.000000271. The van der Waals surface area contributed by atoms with Crippen molar-refractivity contribution < 1.29 is 4.74 Å². The highest BCUT2D eigenvalue weighted by molar-refractivity contribution is 4.39. The summed E-state index contributed by atoms with van der Waals surface area (Å²) < 4.78 is 4.50. The number of hydrogen-bond donors (Lipinski definition) is 0. The Morgan fingerprint density at radius 2 is 1.18 bits per heavy atom. The highest BCUT2D eigenvalue weighted by Gasteiger charge is 1.94. The zero-order valence-corrected chi connectivity index (χ0v) is 8.07. The van der Waals surface area contributed by atoms with Gasteiger partial charge in [0.05, 0.1) is 13.2 Å². The van der Waals surface area contributed by atoms with Crippen molar-refractivity contribution in [1.82, 2.24) is 0 Å². The topological polar surface area (TPSA) is 12.5 Å². The fourth-order valence-corrected chi connectivity index (χ4v) is 0.854. The molecule has 0 saturated carbocycles. The summed E-state index contributed by atoms with van der Waals surface area (Å²) in [6.07, 6.45) is 8.49. The van der Waals surface area contributed by atoms with E-state index in [2.05, 4.69) is 18.6 Å². The maximum atomic E-state index is 4.50. The summed E-state index contributed by atoms with van der Waals surface area (Å²) >= 11 is 0. The Morgan fingerprint density at radius 3 is 1.36 bits per heavy atom. The van der Waals surface area contributed by atoms with Crippen molar-refractivity contribution in [3.05, 3.63) is 0 Å². The summed E-state index contributed by atoms with van der Waals surface area (Å²) in [6, 6.07) is 0. The van der Waals surface area contributed by atoms with Gasteiger partial charge in [-0.05, 0) is 0 Å². The van der Waals surface area contributed by atoms with Gasteiger partial charge in [0.1, 0.15) is 0 Å². The third kappa shape index (κ3) is 17.8. The van der Waals surface area contributed by atoms with E-state index in [0.717, 1.165) is 13.2 Å². The SMILES string of the molecule is C1CO1.CCCCCCCC. The van der Waals surface area contributed by atoms with Crippen LogP contribution < -0.4 is 0 Å². The summed E-state index contributed by atoms with van der Waals surface area (Å²) in [7, 11) is 0. The van der Waals surface area contributed by atoms with Crippen LogP contribution in [0.2, 0.25) is 0 Å². The molecule has 0 N–H and O–H groups in total. The van der Waals surface area contributed by atoms with E-state index in [1.807, 2.05) is 0 Å². The van der Waals surface area contributed by atoms with Crippen molar-refractivity contribution in [3.8, 4) is 0 Å². The minimum absolute atomic E-state index is 1.00. The lowest BCUT2D eigenvalue weighted by Crippen LogP contribution is -1.73. The molecule has 0 aromatic carbocycles. The van der Waals surface area contributed by atoms with Crippen LogP contribution >= 0.6 is 0 Å². The molecule has 68 valence electrons. The van der Waals surface area contributed by atoms with E-state index in [1.165, 1.54) is 38.5 Å². The van der Waals surface area contributed by atoms with Gasteiger partial charge in [0.15, 0.2) is 0 Å². The number of epoxide rings is 1. The highest BCUT2D eigenvalue weighted by Crippen LogP contribution is 2.03. The normalized spacial score (nSPS) is 13.6. The highest BCUT2D eigenvalue weighted by atomic mass is 16.6. The van der Waals surface area contributed by atoms with Crippen LogP contribution in [0.5, 0.6) is 0 Å². The molecule has 0 radical (unpaired) electrons. The van der Waals surface area contributed by atoms with E-state index in [-0.39, 0.29) is 0 Å². The molecule has 0 amide bonds. The van der Waals surface area contributed by atoms with Crippen molar-refractivity contribution in [2.45, 2.75) is 52.4 Å². The van der Waals surface area contributed by atoms with Crippen LogP contribution in [0, 0.1) is 0 Å². The average molecular weight is 158 g/mol. The number of unbranched alkanes of at least 4 members (excludes halogenated alkanes) is 5. The second-order valence-corrected chi connectivity index (χ2v) is 3.03. The molecule has 1 aliphatic rings. The minimum Gasteiger partial charge on any atom is -0.377 e. The first kappa shape index (κ1) is 11.0. The van der Waals surface area contributed by atoms with Crippen molar-refractivity contribution in [1.29, 1.82) is 0 Å². The van der Waals surface area contributed by atoms with Gasteiger partial charge >= 0.3 is 0 Å². The maximum Gasteiger partial charge on any atom is 0.0701 e. The van der Waals surface area contributed by atoms with Gasteiger partial charge in [-0.15, -0.1) is 0 Å². The van der Waals surface area contributed by atoms with Crippen LogP contribution in [0.15, 0.2) is 0 Å². The Labute approximate surface area is 71.1 Å². The molecule has 0 spiro atoms. The van der Waals surface area contributed by atoms with Crippen molar-refractivity contribution >= 4 is 0 Å². The molecule has 1 heterocycles. The largest absolute Gasteiger partial charge is 0.377 e. The second kappa shape index (κ2) is 9.96. The first-order valence-corrected chi connectivity index (χ1v) is 4.99. The van der Waals surface area contributed by atoms with Gasteiger partial charge < -0.3 is 4.74 Å². The Hall–Kier alpha value is -0.0400. The third-order valence-corrected chi connectivity index (χ3v) is 1.66. The fraction of sp³-hybridized carbons (Fsp3) is 1.00. The number of hydrogen-bond acceptors (Lipinski definition) is 1. The lowest BCUT2D eigenvalue weighted by atomic mass is 10.1. The predicted octanol–water partition coefficient (Wildman–Crippen LogP) is 3.38. The summed E-state index contributed by atoms with van der Waals surface area (Å²) in [5, 5.41) is 0. The zero-order valence-electron chi connectivity index (χ0n) is 8.07. The van der Waals surface area contributed by atoms with Crippen LogP contribution in [0.25, 0.3) is 0 Å². The molecule has 0 aliphatic carbocycles. The molecule has 0 atom stereocenters. The zero-order chi connectivity index (χ0) is 8.36. The molecule has 0 unspecified atom stereocenters. The average Bonchev–Trinajstić information content (AvgIpc) is 2.84. The molecule has 1 heteroatoms. The summed E-state index contributed by atoms with van der Waals surface area (Å²) in [6.45, 7) is 6.51. The molecule has 11 heavy (non-hydrogen) atoms. The smallest absolute Gasteiger partial charge is 0.0701 e. The van der Waals surface area contributed by atoms with Crippen LogP contribution in [0.3, 0.4) is 0 Å². The lowest BCUT2D eigenvalue weighted by molar-refractivity contribution is 0.475. The summed E-state index contributed by atoms with van der Waals surface area (Å²) in [5.41, 5.74) is 0. The summed E-state index contributed by atoms with van der Waals surface area (Å²) in [5.74, 6) is 0. The Morgan fingerprint density at radius 1 is 0.818 bits per heavy atom. The number of ether oxygens (including phenoxy) is 1. The quantitative estimate of drug-likeness (QED) is 0.441. The number of rotatable bonds is 5. The van der Waals surface area contributed by atoms with Crippen LogP contribution in [-0.4, -0.2) is 13.2 Å². The molecule has 1 aliphatic heterocycles. The van der Waals surface area contributed by atoms with Gasteiger partial charge in [0, 0.05) is 0 Å². The summed E-state index contributed by atoms with van der Waals surface area (Å²) in [4.78, 5) is 0. The molecule has 1 fully saturated rings. The van der Waals surface area contributed by atoms with Gasteiger partial charge in [-0.2, -0.15) is 0 Å². The maximum absolute atomic E-state index is 4.50. The second-order valence-electron chi connectivity index (χ2n) is 3.03. The first-order chi connectivity index (χ1) is 5.41. The van der Waals surface area contributed by atoms with E-state index in [0.29, 0.717) is 0 Å². The van der Waals surface area contributed by atoms with Gasteiger partial charge in [-0.1, -0.05) is 52.4 Å². The molecule has 0 aromatic rings. The molecule has 1 nitrogen and oxygen atoms in total. The third-order valence-electron chi connectivity index (χ3n) is 1.66. The fourth-order valence-electron chi connectivity index (χ4n) is 0.854. The molecule has 1 rings (SSSR count). The van der Waals surface area contributed by atoms with Gasteiger partial charge in [-0.25, -0.2) is 0 Å². The molecule has 1 saturated heterocycles. The molecule has 0 aromatic heterocycles. The minimum atomic E-state index is 1.00. The lowest BCUT2D eigenvalue weighted by Gasteiger charge is -1.93. The first-order valence-electron chi connectivity index (χ1n) is 4.99. The molecular formula is C10H22O. The Bertz CT molecular complexity index is 51.1. The van der Waals surface area contributed by atoms with Gasteiger partial charge in [0.2, 0.25) is 0 Å². The van der Waals surface area contributed by atoms with E-state index in [9.17, 15) is 0 Å². The standard InChI is InChI=1S/C8H18.C2H4O/c1-3-5-7-8-6-4-2;1-2-3-1/h3-8H2,1-2H3;1-2H2. The van der Waals surface area contributed by atoms with E-state index >= 15 is 0 Å². The predicted molar refractivity (Wildman–Crippen MR) is 49.9 cm³/mol. The van der Waals surface area contributed by atoms with Crippen LogP contribution in [0.1, 0.15) is 52.4 Å². The molecule has 0 bridgehead atoms. The van der Waals surface area contributed by atoms with Crippen molar-refractivity contribution in [3.63, 3.8) is 0 Å². The van der Waals surface area contributed by atoms with E-state index < -0.39 is 0 Å². The van der Waals surface area contributed by atoms with E-state index in [4.69, 9.17) is 0 Å². The monoisotopic (exact) mass is 158 g/mol. The van der Waals surface area contributed by atoms with Crippen LogP contribution in [0.4, 0.5) is 0 Å². The van der Waals surface area contributed by atoms with Crippen molar-refractivity contribution in [2.75, 3.05) is 13.2 Å². The van der Waals surface area contributed by atoms with Crippen molar-refractivity contribution in [2.24, 2.45) is 0 Å². The van der Waals surface area contributed by atoms with E-state index in [1.54, 1.807) is 0 Å². The Kier molecular flexibility index (Phi) is 9.92.